The van der Waals surface area contributed by atoms with Gasteiger partial charge >= 0.3 is 0 Å². The van der Waals surface area contributed by atoms with Crippen LogP contribution in [0.4, 0.5) is 10.1 Å². The van der Waals surface area contributed by atoms with E-state index in [0.717, 1.165) is 79.1 Å². The van der Waals surface area contributed by atoms with Crippen LogP contribution in [0.3, 0.4) is 0 Å². The summed E-state index contributed by atoms with van der Waals surface area (Å²) in [5, 5.41) is 12.4. The quantitative estimate of drug-likeness (QED) is 0.196. The van der Waals surface area contributed by atoms with Crippen molar-refractivity contribution >= 4 is 44.7 Å². The SMILES string of the molecule is O=C(CC1CCCCC1)Nc1cncc(-c2cc3c(-c4cc5c(-c6ccc(F)s6)cccc5[nH]4)n[nH]c3cn2)c1. The number of aromatic nitrogens is 5. The van der Waals surface area contributed by atoms with Gasteiger partial charge < -0.3 is 10.3 Å². The monoisotopic (exact) mass is 550 g/mol. The number of aromatic amines is 2. The molecule has 7 rings (SSSR count). The Morgan fingerprint density at radius 3 is 2.75 bits per heavy atom. The predicted molar refractivity (Wildman–Crippen MR) is 158 cm³/mol. The molecule has 0 radical (unpaired) electrons. The Kier molecular flexibility index (Phi) is 6.36. The third kappa shape index (κ3) is 4.77. The lowest BCUT2D eigenvalue weighted by atomic mass is 9.87. The van der Waals surface area contributed by atoms with Crippen molar-refractivity contribution in [2.75, 3.05) is 5.32 Å². The van der Waals surface area contributed by atoms with Crippen molar-refractivity contribution in [3.05, 3.63) is 72.3 Å². The van der Waals surface area contributed by atoms with Crippen molar-refractivity contribution in [2.24, 2.45) is 5.92 Å². The summed E-state index contributed by atoms with van der Waals surface area (Å²) in [5.74, 6) is 0.510. The van der Waals surface area contributed by atoms with E-state index in [9.17, 15) is 9.18 Å². The number of amides is 1. The molecule has 9 heteroatoms. The summed E-state index contributed by atoms with van der Waals surface area (Å²) < 4.78 is 13.7. The Morgan fingerprint density at radius 1 is 1.00 bits per heavy atom. The number of benzene rings is 1. The summed E-state index contributed by atoms with van der Waals surface area (Å²) in [4.78, 5) is 26.0. The minimum absolute atomic E-state index is 0.0369. The second-order valence-electron chi connectivity index (χ2n) is 10.5. The molecule has 3 N–H and O–H groups in total. The number of halogens is 1. The minimum Gasteiger partial charge on any atom is -0.353 e. The molecule has 6 aromatic rings. The summed E-state index contributed by atoms with van der Waals surface area (Å²) in [6.45, 7) is 0. The van der Waals surface area contributed by atoms with Gasteiger partial charge in [-0.1, -0.05) is 31.4 Å². The van der Waals surface area contributed by atoms with Gasteiger partial charge in [-0.3, -0.25) is 19.9 Å². The summed E-state index contributed by atoms with van der Waals surface area (Å²) >= 11 is 1.13. The highest BCUT2D eigenvalue weighted by atomic mass is 32.1. The van der Waals surface area contributed by atoms with Gasteiger partial charge in [0.15, 0.2) is 5.13 Å². The first-order valence-electron chi connectivity index (χ1n) is 13.6. The third-order valence-corrected chi connectivity index (χ3v) is 8.63. The van der Waals surface area contributed by atoms with Crippen LogP contribution in [0.1, 0.15) is 38.5 Å². The van der Waals surface area contributed by atoms with E-state index >= 15 is 0 Å². The van der Waals surface area contributed by atoms with E-state index in [1.165, 1.54) is 25.3 Å². The van der Waals surface area contributed by atoms with Gasteiger partial charge in [0.1, 0.15) is 5.69 Å². The zero-order valence-electron chi connectivity index (χ0n) is 21.7. The number of carbonyl (C=O) groups excluding carboxylic acids is 1. The molecular weight excluding hydrogens is 523 g/mol. The zero-order chi connectivity index (χ0) is 27.1. The maximum absolute atomic E-state index is 13.7. The van der Waals surface area contributed by atoms with Crippen molar-refractivity contribution in [3.63, 3.8) is 0 Å². The standard InChI is InChI=1S/C31H27FN6OS/c32-29-10-9-28(40-29)21-7-4-8-24-22(21)13-26(36-24)31-23-14-25(34-17-27(23)37-38-31)19-12-20(16-33-15-19)35-30(39)11-18-5-2-1-3-6-18/h4,7-10,12-18,36H,1-3,5-6,11H2,(H,35,39)(H,37,38). The Bertz CT molecular complexity index is 1850. The van der Waals surface area contributed by atoms with Gasteiger partial charge in [0.2, 0.25) is 5.91 Å². The fourth-order valence-corrected chi connectivity index (χ4v) is 6.52. The average molecular weight is 551 g/mol. The third-order valence-electron chi connectivity index (χ3n) is 7.72. The van der Waals surface area contributed by atoms with Gasteiger partial charge in [-0.15, -0.1) is 11.3 Å². The van der Waals surface area contributed by atoms with Crippen LogP contribution in [0.2, 0.25) is 0 Å². The molecule has 1 aliphatic carbocycles. The molecule has 0 aliphatic heterocycles. The molecule has 0 bridgehead atoms. The van der Waals surface area contributed by atoms with Gasteiger partial charge in [0.25, 0.3) is 0 Å². The lowest BCUT2D eigenvalue weighted by Gasteiger charge is -2.20. The molecule has 0 spiro atoms. The second-order valence-corrected chi connectivity index (χ2v) is 11.5. The number of anilines is 1. The Morgan fingerprint density at radius 2 is 1.90 bits per heavy atom. The Balaban J connectivity index is 1.19. The smallest absolute Gasteiger partial charge is 0.224 e. The van der Waals surface area contributed by atoms with Crippen molar-refractivity contribution < 1.29 is 9.18 Å². The van der Waals surface area contributed by atoms with Gasteiger partial charge in [0, 0.05) is 44.9 Å². The molecule has 5 aromatic heterocycles. The van der Waals surface area contributed by atoms with E-state index in [0.29, 0.717) is 18.0 Å². The number of nitrogens with one attached hydrogen (secondary N) is 3. The Hall–Kier alpha value is -4.37. The van der Waals surface area contributed by atoms with E-state index in [-0.39, 0.29) is 11.0 Å². The average Bonchev–Trinajstić information content (AvgIpc) is 3.71. The predicted octanol–water partition coefficient (Wildman–Crippen LogP) is 7.94. The maximum atomic E-state index is 13.7. The van der Waals surface area contributed by atoms with E-state index in [1.807, 2.05) is 36.4 Å². The molecular formula is C31H27FN6OS. The van der Waals surface area contributed by atoms with Crippen LogP contribution in [0.5, 0.6) is 0 Å². The number of H-pyrrole nitrogens is 2. The number of fused-ring (bicyclic) bond motifs is 2. The molecule has 40 heavy (non-hydrogen) atoms. The van der Waals surface area contributed by atoms with Crippen molar-refractivity contribution in [3.8, 4) is 33.1 Å². The summed E-state index contributed by atoms with van der Waals surface area (Å²) in [6.07, 6.45) is 11.7. The number of hydrogen-bond donors (Lipinski definition) is 3. The maximum Gasteiger partial charge on any atom is 0.224 e. The molecule has 0 atom stereocenters. The van der Waals surface area contributed by atoms with Gasteiger partial charge in [-0.2, -0.15) is 9.49 Å². The lowest BCUT2D eigenvalue weighted by molar-refractivity contribution is -0.117. The summed E-state index contributed by atoms with van der Waals surface area (Å²) in [6, 6.07) is 15.2. The number of thiophene rings is 1. The van der Waals surface area contributed by atoms with Crippen LogP contribution in [0.15, 0.2) is 67.1 Å². The highest BCUT2D eigenvalue weighted by molar-refractivity contribution is 7.14. The lowest BCUT2D eigenvalue weighted by Crippen LogP contribution is -2.18. The molecule has 1 amide bonds. The Labute approximate surface area is 233 Å². The van der Waals surface area contributed by atoms with E-state index < -0.39 is 0 Å². The van der Waals surface area contributed by atoms with Crippen molar-refractivity contribution in [1.29, 1.82) is 0 Å². The van der Waals surface area contributed by atoms with Gasteiger partial charge in [-0.25, -0.2) is 0 Å². The topological polar surface area (TPSA) is 99.4 Å². The molecule has 200 valence electrons. The molecule has 7 nitrogen and oxygen atoms in total. The fraction of sp³-hybridized carbons (Fsp3) is 0.226. The van der Waals surface area contributed by atoms with Crippen LogP contribution in [0, 0.1) is 11.0 Å². The minimum atomic E-state index is -0.205. The molecule has 5 heterocycles. The summed E-state index contributed by atoms with van der Waals surface area (Å²) in [5.41, 5.74) is 6.56. The van der Waals surface area contributed by atoms with Crippen LogP contribution >= 0.6 is 11.3 Å². The second kappa shape index (κ2) is 10.3. The molecule has 0 saturated heterocycles. The normalized spacial score (nSPS) is 14.2. The van der Waals surface area contributed by atoms with Gasteiger partial charge in [0.05, 0.1) is 35.0 Å². The molecule has 1 saturated carbocycles. The van der Waals surface area contributed by atoms with Crippen LogP contribution in [-0.4, -0.2) is 31.1 Å². The number of carbonyl (C=O) groups is 1. The van der Waals surface area contributed by atoms with E-state index in [1.54, 1.807) is 18.6 Å². The van der Waals surface area contributed by atoms with Crippen LogP contribution in [0.25, 0.3) is 54.9 Å². The number of nitrogens with zero attached hydrogens (tertiary/aromatic N) is 3. The molecule has 0 unspecified atom stereocenters. The summed E-state index contributed by atoms with van der Waals surface area (Å²) in [7, 11) is 0. The molecule has 1 aromatic carbocycles. The largest absolute Gasteiger partial charge is 0.353 e. The molecule has 1 aliphatic rings. The zero-order valence-corrected chi connectivity index (χ0v) is 22.5. The van der Waals surface area contributed by atoms with E-state index in [4.69, 9.17) is 0 Å². The fourth-order valence-electron chi connectivity index (χ4n) is 5.75. The van der Waals surface area contributed by atoms with Gasteiger partial charge in [-0.05, 0) is 55.2 Å². The highest BCUT2D eigenvalue weighted by Gasteiger charge is 2.18. The highest BCUT2D eigenvalue weighted by Crippen LogP contribution is 2.37. The number of hydrogen-bond acceptors (Lipinski definition) is 5. The van der Waals surface area contributed by atoms with E-state index in [2.05, 4.69) is 36.5 Å². The first-order chi connectivity index (χ1) is 19.6. The molecule has 1 fully saturated rings. The van der Waals surface area contributed by atoms with Crippen LogP contribution < -0.4 is 5.32 Å². The van der Waals surface area contributed by atoms with Crippen LogP contribution in [-0.2, 0) is 4.79 Å². The number of rotatable bonds is 6. The first kappa shape index (κ1) is 24.7. The number of pyridine rings is 2. The first-order valence-corrected chi connectivity index (χ1v) is 14.4. The van der Waals surface area contributed by atoms with Crippen molar-refractivity contribution in [1.82, 2.24) is 25.1 Å². The van der Waals surface area contributed by atoms with Crippen molar-refractivity contribution in [2.45, 2.75) is 38.5 Å².